The molecule has 0 bridgehead atoms. The van der Waals surface area contributed by atoms with Crippen molar-refractivity contribution >= 4 is 11.9 Å². The summed E-state index contributed by atoms with van der Waals surface area (Å²) in [6.45, 7) is 0. The lowest BCUT2D eigenvalue weighted by molar-refractivity contribution is 0.102. The van der Waals surface area contributed by atoms with E-state index in [2.05, 4.69) is 25.9 Å². The number of aromatic hydroxyl groups is 1. The van der Waals surface area contributed by atoms with E-state index in [1.807, 2.05) is 30.3 Å². The van der Waals surface area contributed by atoms with E-state index in [0.29, 0.717) is 0 Å². The van der Waals surface area contributed by atoms with Crippen LogP contribution in [0.4, 0.5) is 5.95 Å². The molecule has 0 atom stereocenters. The first-order valence-electron chi connectivity index (χ1n) is 6.17. The summed E-state index contributed by atoms with van der Waals surface area (Å²) in [4.78, 5) is 12.1. The normalized spacial score (nSPS) is 10.3. The first-order valence-corrected chi connectivity index (χ1v) is 6.17. The van der Waals surface area contributed by atoms with E-state index in [1.165, 1.54) is 6.07 Å². The fourth-order valence-electron chi connectivity index (χ4n) is 1.91. The van der Waals surface area contributed by atoms with Crippen LogP contribution in [-0.4, -0.2) is 31.6 Å². The Morgan fingerprint density at radius 2 is 1.90 bits per heavy atom. The minimum Gasteiger partial charge on any atom is -0.507 e. The standard InChI is InChI=1S/C14H11N5O2/c20-12-7-6-10(9-4-2-1-3-5-9)8-11(12)13(21)15-14-16-18-19-17-14/h1-8,20H,(H2,15,16,17,18,19,21). The summed E-state index contributed by atoms with van der Waals surface area (Å²) < 4.78 is 0. The molecule has 3 aromatic rings. The lowest BCUT2D eigenvalue weighted by atomic mass is 10.0. The topological polar surface area (TPSA) is 104 Å². The van der Waals surface area contributed by atoms with Gasteiger partial charge in [0.1, 0.15) is 5.75 Å². The number of carbonyl (C=O) groups excluding carboxylic acids is 1. The van der Waals surface area contributed by atoms with Crippen LogP contribution < -0.4 is 5.32 Å². The average molecular weight is 281 g/mol. The van der Waals surface area contributed by atoms with E-state index in [0.717, 1.165) is 11.1 Å². The predicted octanol–water partition coefficient (Wildman–Crippen LogP) is 1.82. The maximum Gasteiger partial charge on any atom is 0.270 e. The zero-order valence-corrected chi connectivity index (χ0v) is 10.8. The van der Waals surface area contributed by atoms with E-state index >= 15 is 0 Å². The van der Waals surface area contributed by atoms with Gasteiger partial charge in [0.2, 0.25) is 0 Å². The number of benzene rings is 2. The van der Waals surface area contributed by atoms with Crippen molar-refractivity contribution in [1.82, 2.24) is 20.6 Å². The highest BCUT2D eigenvalue weighted by atomic mass is 16.3. The number of tetrazole rings is 1. The van der Waals surface area contributed by atoms with E-state index in [1.54, 1.807) is 12.1 Å². The van der Waals surface area contributed by atoms with Gasteiger partial charge >= 0.3 is 0 Å². The van der Waals surface area contributed by atoms with E-state index in [9.17, 15) is 9.90 Å². The number of nitrogens with one attached hydrogen (secondary N) is 2. The van der Waals surface area contributed by atoms with Gasteiger partial charge in [-0.15, -0.1) is 5.10 Å². The molecule has 21 heavy (non-hydrogen) atoms. The van der Waals surface area contributed by atoms with Crippen LogP contribution in [0.2, 0.25) is 0 Å². The number of phenols is 1. The summed E-state index contributed by atoms with van der Waals surface area (Å²) in [5.41, 5.74) is 1.92. The number of phenolic OH excluding ortho intramolecular Hbond substituents is 1. The zero-order valence-electron chi connectivity index (χ0n) is 10.8. The fourth-order valence-corrected chi connectivity index (χ4v) is 1.91. The van der Waals surface area contributed by atoms with Crippen molar-refractivity contribution in [3.8, 4) is 16.9 Å². The number of H-pyrrole nitrogens is 1. The van der Waals surface area contributed by atoms with Gasteiger partial charge in [-0.2, -0.15) is 5.21 Å². The van der Waals surface area contributed by atoms with Crippen molar-refractivity contribution in [3.05, 3.63) is 54.1 Å². The van der Waals surface area contributed by atoms with E-state index in [4.69, 9.17) is 0 Å². The number of hydrogen-bond acceptors (Lipinski definition) is 5. The SMILES string of the molecule is O=C(Nc1nn[nH]n1)c1cc(-c2ccccc2)ccc1O. The molecule has 0 fully saturated rings. The van der Waals surface area contributed by atoms with Crippen LogP contribution in [-0.2, 0) is 0 Å². The molecule has 0 unspecified atom stereocenters. The largest absolute Gasteiger partial charge is 0.507 e. The van der Waals surface area contributed by atoms with E-state index in [-0.39, 0.29) is 17.3 Å². The number of aromatic nitrogens is 4. The molecule has 3 rings (SSSR count). The van der Waals surface area contributed by atoms with Gasteiger partial charge in [-0.05, 0) is 28.5 Å². The van der Waals surface area contributed by atoms with Crippen LogP contribution in [0.5, 0.6) is 5.75 Å². The first kappa shape index (κ1) is 12.8. The number of nitrogens with zero attached hydrogens (tertiary/aromatic N) is 3. The summed E-state index contributed by atoms with van der Waals surface area (Å²) in [5.74, 6) is -0.577. The van der Waals surface area contributed by atoms with Crippen molar-refractivity contribution in [1.29, 1.82) is 0 Å². The smallest absolute Gasteiger partial charge is 0.270 e. The molecule has 7 nitrogen and oxygen atoms in total. The molecule has 2 aromatic carbocycles. The minimum atomic E-state index is -0.508. The van der Waals surface area contributed by atoms with Crippen molar-refractivity contribution < 1.29 is 9.90 Å². The average Bonchev–Trinajstić information content (AvgIpc) is 3.01. The Kier molecular flexibility index (Phi) is 3.30. The second-order valence-corrected chi connectivity index (χ2v) is 4.29. The Balaban J connectivity index is 1.93. The third-order valence-electron chi connectivity index (χ3n) is 2.92. The van der Waals surface area contributed by atoms with Gasteiger partial charge < -0.3 is 5.11 Å². The Bertz CT molecular complexity index is 756. The summed E-state index contributed by atoms with van der Waals surface area (Å²) in [5, 5.41) is 25.1. The molecule has 1 heterocycles. The summed E-state index contributed by atoms with van der Waals surface area (Å²) in [6.07, 6.45) is 0. The maximum absolute atomic E-state index is 12.1. The number of aromatic amines is 1. The molecule has 0 aliphatic carbocycles. The molecule has 0 aliphatic heterocycles. The Morgan fingerprint density at radius 3 is 2.62 bits per heavy atom. The molecular formula is C14H11N5O2. The highest BCUT2D eigenvalue weighted by Gasteiger charge is 2.14. The van der Waals surface area contributed by atoms with Gasteiger partial charge in [-0.3, -0.25) is 10.1 Å². The van der Waals surface area contributed by atoms with Gasteiger partial charge in [-0.25, -0.2) is 0 Å². The van der Waals surface area contributed by atoms with Crippen molar-refractivity contribution in [2.45, 2.75) is 0 Å². The number of hydrogen-bond donors (Lipinski definition) is 3. The second-order valence-electron chi connectivity index (χ2n) is 4.29. The zero-order chi connectivity index (χ0) is 14.7. The molecule has 104 valence electrons. The summed E-state index contributed by atoms with van der Waals surface area (Å²) in [7, 11) is 0. The number of amides is 1. The molecule has 0 radical (unpaired) electrons. The monoisotopic (exact) mass is 281 g/mol. The molecule has 1 amide bonds. The molecule has 3 N–H and O–H groups in total. The molecule has 0 saturated carbocycles. The van der Waals surface area contributed by atoms with Crippen molar-refractivity contribution in [3.63, 3.8) is 0 Å². The van der Waals surface area contributed by atoms with Crippen LogP contribution in [0, 0.1) is 0 Å². The second kappa shape index (κ2) is 5.41. The number of rotatable bonds is 3. The lowest BCUT2D eigenvalue weighted by Gasteiger charge is -2.07. The van der Waals surface area contributed by atoms with Crippen molar-refractivity contribution in [2.75, 3.05) is 5.32 Å². The highest BCUT2D eigenvalue weighted by molar-refractivity contribution is 6.06. The third-order valence-corrected chi connectivity index (χ3v) is 2.92. The minimum absolute atomic E-state index is 0.0458. The van der Waals surface area contributed by atoms with E-state index < -0.39 is 5.91 Å². The fraction of sp³-hybridized carbons (Fsp3) is 0. The van der Waals surface area contributed by atoms with Gasteiger partial charge in [0.15, 0.2) is 0 Å². The molecular weight excluding hydrogens is 270 g/mol. The third kappa shape index (κ3) is 2.71. The van der Waals surface area contributed by atoms with Gasteiger partial charge in [0.05, 0.1) is 5.56 Å². The molecule has 0 aliphatic rings. The molecule has 7 heteroatoms. The first-order chi connectivity index (χ1) is 10.2. The van der Waals surface area contributed by atoms with Crippen LogP contribution in [0.3, 0.4) is 0 Å². The maximum atomic E-state index is 12.1. The van der Waals surface area contributed by atoms with Crippen molar-refractivity contribution in [2.24, 2.45) is 0 Å². The molecule has 0 spiro atoms. The predicted molar refractivity (Wildman–Crippen MR) is 75.7 cm³/mol. The van der Waals surface area contributed by atoms with Gasteiger partial charge in [0, 0.05) is 0 Å². The lowest BCUT2D eigenvalue weighted by Crippen LogP contribution is -2.13. The Labute approximate surface area is 119 Å². The summed E-state index contributed by atoms with van der Waals surface area (Å²) >= 11 is 0. The molecule has 0 saturated heterocycles. The van der Waals surface area contributed by atoms with Crippen LogP contribution in [0.15, 0.2) is 48.5 Å². The van der Waals surface area contributed by atoms with Gasteiger partial charge in [-0.1, -0.05) is 41.5 Å². The van der Waals surface area contributed by atoms with Crippen LogP contribution in [0.25, 0.3) is 11.1 Å². The Morgan fingerprint density at radius 1 is 1.10 bits per heavy atom. The number of anilines is 1. The molecule has 1 aromatic heterocycles. The highest BCUT2D eigenvalue weighted by Crippen LogP contribution is 2.26. The summed E-state index contributed by atoms with van der Waals surface area (Å²) in [6, 6.07) is 14.4. The van der Waals surface area contributed by atoms with Gasteiger partial charge in [0.25, 0.3) is 11.9 Å². The van der Waals surface area contributed by atoms with Crippen LogP contribution >= 0.6 is 0 Å². The quantitative estimate of drug-likeness (QED) is 0.679. The van der Waals surface area contributed by atoms with Crippen LogP contribution in [0.1, 0.15) is 10.4 Å². The number of carbonyl (C=O) groups is 1. The Hall–Kier alpha value is -3.22.